The first kappa shape index (κ1) is 20.3. The number of hydrogen-bond donors (Lipinski definition) is 1. The Morgan fingerprint density at radius 1 is 1.24 bits per heavy atom. The van der Waals surface area contributed by atoms with Gasteiger partial charge in [-0.15, -0.1) is 10.2 Å². The van der Waals surface area contributed by atoms with E-state index >= 15 is 0 Å². The van der Waals surface area contributed by atoms with E-state index in [4.69, 9.17) is 11.6 Å². The zero-order valence-electron chi connectivity index (χ0n) is 14.9. The monoisotopic (exact) mass is 508 g/mol. The van der Waals surface area contributed by atoms with Crippen molar-refractivity contribution in [2.75, 3.05) is 22.5 Å². The lowest BCUT2D eigenvalue weighted by atomic mass is 10.2. The number of aromatic nitrogens is 2. The minimum atomic E-state index is -0.367. The van der Waals surface area contributed by atoms with Crippen LogP contribution >= 0.6 is 50.6 Å². The lowest BCUT2D eigenvalue weighted by molar-refractivity contribution is -0.116. The van der Waals surface area contributed by atoms with E-state index in [0.29, 0.717) is 26.6 Å². The van der Waals surface area contributed by atoms with Crippen molar-refractivity contribution in [1.29, 1.82) is 0 Å². The van der Waals surface area contributed by atoms with Crippen LogP contribution in [0, 0.1) is 0 Å². The molecule has 1 N–H and O–H groups in total. The maximum atomic E-state index is 12.6. The number of fused-ring (bicyclic) bond motifs is 1. The van der Waals surface area contributed by atoms with Gasteiger partial charge in [-0.1, -0.05) is 68.8 Å². The second-order valence-corrected chi connectivity index (χ2v) is 9.69. The van der Waals surface area contributed by atoms with E-state index in [2.05, 4.69) is 31.4 Å². The highest BCUT2D eigenvalue weighted by molar-refractivity contribution is 9.10. The molecule has 0 atom stereocenters. The van der Waals surface area contributed by atoms with Crippen LogP contribution in [0.3, 0.4) is 0 Å². The molecule has 4 rings (SSSR count). The van der Waals surface area contributed by atoms with Crippen molar-refractivity contribution >= 4 is 73.3 Å². The third kappa shape index (κ3) is 4.63. The third-order valence-electron chi connectivity index (χ3n) is 4.31. The molecule has 1 aliphatic rings. The summed E-state index contributed by atoms with van der Waals surface area (Å²) in [6, 6.07) is 13.0. The summed E-state index contributed by atoms with van der Waals surface area (Å²) in [5.41, 5.74) is 2.51. The predicted molar refractivity (Wildman–Crippen MR) is 120 cm³/mol. The average molecular weight is 510 g/mol. The summed E-state index contributed by atoms with van der Waals surface area (Å²) >= 11 is 11.9. The van der Waals surface area contributed by atoms with Crippen molar-refractivity contribution in [2.45, 2.75) is 10.8 Å². The largest absolute Gasteiger partial charge is 0.311 e. The SMILES string of the molecule is O=C(Nc1nnc(SCC(=O)N2CCc3ccccc32)s1)c1cc(Br)ccc1Cl. The van der Waals surface area contributed by atoms with Crippen molar-refractivity contribution < 1.29 is 9.59 Å². The molecule has 0 fully saturated rings. The van der Waals surface area contributed by atoms with Crippen LogP contribution in [0.2, 0.25) is 5.02 Å². The average Bonchev–Trinajstić information content (AvgIpc) is 3.34. The molecule has 2 amide bonds. The second kappa shape index (κ2) is 8.83. The Bertz CT molecular complexity index is 1090. The van der Waals surface area contributed by atoms with Gasteiger partial charge >= 0.3 is 0 Å². The standard InChI is InChI=1S/C19H14BrClN4O2S2/c20-12-5-6-14(21)13(9-12)17(27)22-18-23-24-19(29-18)28-10-16(26)25-8-7-11-3-1-2-4-15(11)25/h1-6,9H,7-8,10H2,(H,22,23,27). The summed E-state index contributed by atoms with van der Waals surface area (Å²) in [5.74, 6) is -0.0793. The van der Waals surface area contributed by atoms with Gasteiger partial charge in [0, 0.05) is 16.7 Å². The number of hydrogen-bond acceptors (Lipinski definition) is 6. The van der Waals surface area contributed by atoms with E-state index < -0.39 is 0 Å². The van der Waals surface area contributed by atoms with Crippen molar-refractivity contribution in [2.24, 2.45) is 0 Å². The smallest absolute Gasteiger partial charge is 0.259 e. The number of para-hydroxylation sites is 1. The van der Waals surface area contributed by atoms with Gasteiger partial charge in [0.2, 0.25) is 11.0 Å². The highest BCUT2D eigenvalue weighted by atomic mass is 79.9. The first-order valence-electron chi connectivity index (χ1n) is 8.62. The molecule has 1 aliphatic heterocycles. The molecule has 0 radical (unpaired) electrons. The fourth-order valence-electron chi connectivity index (χ4n) is 2.95. The number of thioether (sulfide) groups is 1. The van der Waals surface area contributed by atoms with Gasteiger partial charge in [0.15, 0.2) is 4.34 Å². The minimum Gasteiger partial charge on any atom is -0.311 e. The van der Waals surface area contributed by atoms with Crippen LogP contribution in [0.4, 0.5) is 10.8 Å². The van der Waals surface area contributed by atoms with Crippen molar-refractivity contribution in [3.8, 4) is 0 Å². The van der Waals surface area contributed by atoms with Crippen LogP contribution < -0.4 is 10.2 Å². The molecule has 1 aromatic heterocycles. The summed E-state index contributed by atoms with van der Waals surface area (Å²) in [7, 11) is 0. The summed E-state index contributed by atoms with van der Waals surface area (Å²) in [6.45, 7) is 0.698. The molecule has 10 heteroatoms. The number of amides is 2. The topological polar surface area (TPSA) is 75.2 Å². The molecule has 6 nitrogen and oxygen atoms in total. The van der Waals surface area contributed by atoms with Crippen LogP contribution in [0.15, 0.2) is 51.3 Å². The quantitative estimate of drug-likeness (QED) is 0.392. The fraction of sp³-hybridized carbons (Fsp3) is 0.158. The minimum absolute atomic E-state index is 0.0293. The van der Waals surface area contributed by atoms with Gasteiger partial charge < -0.3 is 4.90 Å². The molecule has 0 unspecified atom stereocenters. The van der Waals surface area contributed by atoms with E-state index in [0.717, 1.165) is 16.6 Å². The molecular weight excluding hydrogens is 496 g/mol. The molecular formula is C19H14BrClN4O2S2. The Labute approximate surface area is 188 Å². The maximum Gasteiger partial charge on any atom is 0.259 e. The van der Waals surface area contributed by atoms with Gasteiger partial charge in [-0.05, 0) is 36.2 Å². The number of carbonyl (C=O) groups is 2. The van der Waals surface area contributed by atoms with Crippen molar-refractivity contribution in [1.82, 2.24) is 10.2 Å². The van der Waals surface area contributed by atoms with E-state index in [1.165, 1.54) is 28.7 Å². The predicted octanol–water partition coefficient (Wildman–Crippen LogP) is 4.89. The zero-order valence-corrected chi connectivity index (χ0v) is 18.9. The zero-order chi connectivity index (χ0) is 20.4. The number of benzene rings is 2. The van der Waals surface area contributed by atoms with Crippen LogP contribution in [-0.4, -0.2) is 34.3 Å². The Balaban J connectivity index is 1.36. The first-order valence-corrected chi connectivity index (χ1v) is 11.6. The van der Waals surface area contributed by atoms with E-state index in [9.17, 15) is 9.59 Å². The van der Waals surface area contributed by atoms with Crippen molar-refractivity contribution in [3.63, 3.8) is 0 Å². The number of anilines is 2. The Morgan fingerprint density at radius 3 is 2.93 bits per heavy atom. The number of rotatable bonds is 5. The summed E-state index contributed by atoms with van der Waals surface area (Å²) in [5, 5.41) is 11.4. The molecule has 29 heavy (non-hydrogen) atoms. The molecule has 0 bridgehead atoms. The molecule has 0 saturated carbocycles. The Morgan fingerprint density at radius 2 is 2.07 bits per heavy atom. The third-order valence-corrected chi connectivity index (χ3v) is 7.09. The summed E-state index contributed by atoms with van der Waals surface area (Å²) in [6.07, 6.45) is 0.875. The molecule has 2 heterocycles. The number of nitrogens with zero attached hydrogens (tertiary/aromatic N) is 3. The molecule has 2 aromatic carbocycles. The Hall–Kier alpha value is -1.94. The van der Waals surface area contributed by atoms with E-state index in [-0.39, 0.29) is 17.6 Å². The van der Waals surface area contributed by atoms with Crippen LogP contribution in [0.5, 0.6) is 0 Å². The van der Waals surface area contributed by atoms with Gasteiger partial charge in [0.05, 0.1) is 16.3 Å². The van der Waals surface area contributed by atoms with Crippen LogP contribution in [-0.2, 0) is 11.2 Å². The number of nitrogens with one attached hydrogen (secondary N) is 1. The Kier molecular flexibility index (Phi) is 6.19. The molecule has 0 spiro atoms. The highest BCUT2D eigenvalue weighted by Crippen LogP contribution is 2.31. The summed E-state index contributed by atoms with van der Waals surface area (Å²) in [4.78, 5) is 26.8. The second-order valence-electron chi connectivity index (χ2n) is 6.16. The van der Waals surface area contributed by atoms with Gasteiger partial charge in [0.25, 0.3) is 5.91 Å². The molecule has 148 valence electrons. The molecule has 3 aromatic rings. The van der Waals surface area contributed by atoms with E-state index in [1.807, 2.05) is 24.3 Å². The normalized spacial score (nSPS) is 12.7. The molecule has 0 saturated heterocycles. The lowest BCUT2D eigenvalue weighted by Gasteiger charge is -2.16. The summed E-state index contributed by atoms with van der Waals surface area (Å²) < 4.78 is 1.36. The highest BCUT2D eigenvalue weighted by Gasteiger charge is 2.24. The van der Waals surface area contributed by atoms with Crippen LogP contribution in [0.1, 0.15) is 15.9 Å². The lowest BCUT2D eigenvalue weighted by Crippen LogP contribution is -2.30. The first-order chi connectivity index (χ1) is 14.0. The van der Waals surface area contributed by atoms with Gasteiger partial charge in [-0.25, -0.2) is 0 Å². The number of halogens is 2. The van der Waals surface area contributed by atoms with Gasteiger partial charge in [0.1, 0.15) is 0 Å². The van der Waals surface area contributed by atoms with Crippen LogP contribution in [0.25, 0.3) is 0 Å². The van der Waals surface area contributed by atoms with Gasteiger partial charge in [-0.2, -0.15) is 0 Å². The van der Waals surface area contributed by atoms with Crippen molar-refractivity contribution in [3.05, 3.63) is 63.1 Å². The maximum absolute atomic E-state index is 12.6. The van der Waals surface area contributed by atoms with Gasteiger partial charge in [-0.3, -0.25) is 14.9 Å². The van der Waals surface area contributed by atoms with E-state index in [1.54, 1.807) is 23.1 Å². The molecule has 0 aliphatic carbocycles. The number of carbonyl (C=O) groups excluding carboxylic acids is 2. The fourth-order valence-corrected chi connectivity index (χ4v) is 5.14.